The molecule has 0 N–H and O–H groups in total. The summed E-state index contributed by atoms with van der Waals surface area (Å²) >= 11 is 7.55. The van der Waals surface area contributed by atoms with Crippen LogP contribution >= 0.6 is 23.4 Å². The maximum absolute atomic E-state index is 12.8. The average Bonchev–Trinajstić information content (AvgIpc) is 3.32. The van der Waals surface area contributed by atoms with Crippen molar-refractivity contribution in [2.75, 3.05) is 23.9 Å². The van der Waals surface area contributed by atoms with Gasteiger partial charge in [-0.05, 0) is 31.4 Å². The van der Waals surface area contributed by atoms with Crippen molar-refractivity contribution in [3.05, 3.63) is 29.3 Å². The Labute approximate surface area is 181 Å². The molecule has 0 bridgehead atoms. The minimum Gasteiger partial charge on any atom is -0.456 e. The molecule has 1 heterocycles. The van der Waals surface area contributed by atoms with E-state index in [1.807, 2.05) is 18.2 Å². The third-order valence-electron chi connectivity index (χ3n) is 5.36. The molecule has 9 heteroatoms. The number of carbonyl (C=O) groups excluding carboxylic acids is 2. The summed E-state index contributed by atoms with van der Waals surface area (Å²) in [5.41, 5.74) is 0. The Hall–Kier alpha value is -1.25. The van der Waals surface area contributed by atoms with Gasteiger partial charge in [0.25, 0.3) is 5.91 Å². The Morgan fingerprint density at radius 2 is 1.86 bits per heavy atom. The average molecular weight is 460 g/mol. The van der Waals surface area contributed by atoms with Crippen molar-refractivity contribution >= 4 is 45.1 Å². The molecule has 1 saturated heterocycles. The lowest BCUT2D eigenvalue weighted by Crippen LogP contribution is -2.48. The van der Waals surface area contributed by atoms with Gasteiger partial charge in [-0.3, -0.25) is 9.59 Å². The van der Waals surface area contributed by atoms with E-state index in [2.05, 4.69) is 0 Å². The molecular weight excluding hydrogens is 434 g/mol. The Morgan fingerprint density at radius 3 is 2.52 bits per heavy atom. The van der Waals surface area contributed by atoms with E-state index in [0.717, 1.165) is 30.6 Å². The number of hydrogen-bond acceptors (Lipinski definition) is 6. The summed E-state index contributed by atoms with van der Waals surface area (Å²) in [5, 5.41) is 0.639. The van der Waals surface area contributed by atoms with E-state index in [9.17, 15) is 18.0 Å². The van der Waals surface area contributed by atoms with Crippen LogP contribution in [0.25, 0.3) is 0 Å². The minimum atomic E-state index is -3.09. The maximum atomic E-state index is 12.8. The summed E-state index contributed by atoms with van der Waals surface area (Å²) < 4.78 is 28.9. The van der Waals surface area contributed by atoms with Crippen LogP contribution in [-0.2, 0) is 24.2 Å². The van der Waals surface area contributed by atoms with Gasteiger partial charge in [-0.1, -0.05) is 36.6 Å². The smallest absolute Gasteiger partial charge is 0.307 e. The first-order valence-corrected chi connectivity index (χ1v) is 13.1. The molecule has 1 aromatic carbocycles. The largest absolute Gasteiger partial charge is 0.456 e. The molecule has 1 atom stereocenters. The molecule has 1 aliphatic carbocycles. The maximum Gasteiger partial charge on any atom is 0.307 e. The van der Waals surface area contributed by atoms with Gasteiger partial charge in [0, 0.05) is 22.7 Å². The van der Waals surface area contributed by atoms with E-state index >= 15 is 0 Å². The monoisotopic (exact) mass is 459 g/mol. The predicted octanol–water partition coefficient (Wildman–Crippen LogP) is 3.32. The van der Waals surface area contributed by atoms with Crippen molar-refractivity contribution < 1.29 is 22.7 Å². The Bertz CT molecular complexity index is 839. The van der Waals surface area contributed by atoms with Crippen LogP contribution in [0.15, 0.2) is 29.2 Å². The molecular formula is C20H26ClNO5S2. The van der Waals surface area contributed by atoms with Gasteiger partial charge in [-0.25, -0.2) is 8.42 Å². The molecule has 2 aliphatic rings. The van der Waals surface area contributed by atoms with Crippen LogP contribution in [0.2, 0.25) is 5.02 Å². The van der Waals surface area contributed by atoms with E-state index in [0.29, 0.717) is 17.2 Å². The van der Waals surface area contributed by atoms with Crippen molar-refractivity contribution in [2.24, 2.45) is 0 Å². The molecule has 1 aromatic rings. The molecule has 160 valence electrons. The van der Waals surface area contributed by atoms with E-state index in [1.54, 1.807) is 11.0 Å². The first-order valence-electron chi connectivity index (χ1n) is 9.90. The molecule has 0 aromatic heterocycles. The lowest BCUT2D eigenvalue weighted by Gasteiger charge is -2.33. The summed E-state index contributed by atoms with van der Waals surface area (Å²) in [6, 6.07) is 7.16. The molecule has 1 amide bonds. The van der Waals surface area contributed by atoms with Gasteiger partial charge in [-0.15, -0.1) is 11.8 Å². The fourth-order valence-corrected chi connectivity index (χ4v) is 6.86. The number of amides is 1. The highest BCUT2D eigenvalue weighted by Crippen LogP contribution is 2.29. The minimum absolute atomic E-state index is 0.0116. The molecule has 1 unspecified atom stereocenters. The molecule has 1 saturated carbocycles. The topological polar surface area (TPSA) is 80.8 Å². The van der Waals surface area contributed by atoms with Crippen LogP contribution in [0.3, 0.4) is 0 Å². The van der Waals surface area contributed by atoms with Gasteiger partial charge in [0.2, 0.25) is 0 Å². The summed E-state index contributed by atoms with van der Waals surface area (Å²) in [6.07, 6.45) is 4.47. The number of hydrogen-bond donors (Lipinski definition) is 0. The second-order valence-electron chi connectivity index (χ2n) is 7.49. The van der Waals surface area contributed by atoms with Gasteiger partial charge in [0.05, 0.1) is 22.9 Å². The zero-order chi connectivity index (χ0) is 20.9. The number of halogens is 1. The van der Waals surface area contributed by atoms with Crippen LogP contribution in [0.1, 0.15) is 38.5 Å². The van der Waals surface area contributed by atoms with Crippen LogP contribution in [0.4, 0.5) is 0 Å². The van der Waals surface area contributed by atoms with E-state index in [1.165, 1.54) is 11.8 Å². The van der Waals surface area contributed by atoms with Crippen molar-refractivity contribution in [3.8, 4) is 0 Å². The zero-order valence-electron chi connectivity index (χ0n) is 16.2. The third kappa shape index (κ3) is 6.36. The summed E-state index contributed by atoms with van der Waals surface area (Å²) in [4.78, 5) is 27.5. The number of thioether (sulfide) groups is 1. The normalized spacial score (nSPS) is 21.2. The second kappa shape index (κ2) is 10.2. The third-order valence-corrected chi connectivity index (χ3v) is 8.63. The lowest BCUT2D eigenvalue weighted by molar-refractivity contribution is -0.153. The molecule has 0 spiro atoms. The molecule has 2 fully saturated rings. The number of sulfone groups is 1. The van der Waals surface area contributed by atoms with Crippen LogP contribution < -0.4 is 0 Å². The Morgan fingerprint density at radius 1 is 1.14 bits per heavy atom. The fraction of sp³-hybridized carbons (Fsp3) is 0.600. The highest BCUT2D eigenvalue weighted by Gasteiger charge is 2.39. The predicted molar refractivity (Wildman–Crippen MR) is 114 cm³/mol. The number of ether oxygens (including phenoxy) is 1. The van der Waals surface area contributed by atoms with Crippen LogP contribution in [0, 0.1) is 0 Å². The van der Waals surface area contributed by atoms with Gasteiger partial charge in [0.1, 0.15) is 0 Å². The zero-order valence-corrected chi connectivity index (χ0v) is 18.6. The number of esters is 1. The van der Waals surface area contributed by atoms with Crippen LogP contribution in [-0.4, -0.2) is 61.1 Å². The summed E-state index contributed by atoms with van der Waals surface area (Å²) in [5.74, 6) is -0.0936. The Kier molecular flexibility index (Phi) is 7.87. The highest BCUT2D eigenvalue weighted by atomic mass is 35.5. The molecule has 0 radical (unpaired) electrons. The van der Waals surface area contributed by atoms with Crippen molar-refractivity contribution in [3.63, 3.8) is 0 Å². The second-order valence-corrected chi connectivity index (χ2v) is 11.3. The summed E-state index contributed by atoms with van der Waals surface area (Å²) in [6.45, 7) is -0.331. The summed E-state index contributed by atoms with van der Waals surface area (Å²) in [7, 11) is -3.09. The van der Waals surface area contributed by atoms with Crippen molar-refractivity contribution in [2.45, 2.75) is 55.5 Å². The van der Waals surface area contributed by atoms with E-state index in [4.69, 9.17) is 16.3 Å². The quantitative estimate of drug-likeness (QED) is 0.438. The first kappa shape index (κ1) is 22.4. The van der Waals surface area contributed by atoms with E-state index in [-0.39, 0.29) is 42.5 Å². The molecule has 29 heavy (non-hydrogen) atoms. The van der Waals surface area contributed by atoms with Crippen LogP contribution in [0.5, 0.6) is 0 Å². The number of rotatable bonds is 8. The fourth-order valence-electron chi connectivity index (χ4n) is 3.98. The van der Waals surface area contributed by atoms with Gasteiger partial charge in [-0.2, -0.15) is 0 Å². The SMILES string of the molecule is O=C(CCSc1ccccc1Cl)OCC(=O)N(C1CCCC1)C1CCS(=O)(=O)C1. The first-order chi connectivity index (χ1) is 13.9. The number of carbonyl (C=O) groups is 2. The highest BCUT2D eigenvalue weighted by molar-refractivity contribution is 7.99. The van der Waals surface area contributed by atoms with Gasteiger partial charge in [0.15, 0.2) is 16.4 Å². The number of nitrogens with zero attached hydrogens (tertiary/aromatic N) is 1. The van der Waals surface area contributed by atoms with Gasteiger partial charge < -0.3 is 9.64 Å². The van der Waals surface area contributed by atoms with Crippen molar-refractivity contribution in [1.82, 2.24) is 4.90 Å². The van der Waals surface area contributed by atoms with Crippen molar-refractivity contribution in [1.29, 1.82) is 0 Å². The molecule has 1 aliphatic heterocycles. The Balaban J connectivity index is 1.49. The number of benzene rings is 1. The molecule has 6 nitrogen and oxygen atoms in total. The van der Waals surface area contributed by atoms with E-state index < -0.39 is 15.8 Å². The standard InChI is InChI=1S/C20H26ClNO5S2/c21-17-7-3-4-8-18(17)28-11-9-20(24)27-13-19(23)22(15-5-1-2-6-15)16-10-12-29(25,26)14-16/h3-4,7-8,15-16H,1-2,5-6,9-14H2. The molecule has 3 rings (SSSR count). The van der Waals surface area contributed by atoms with Gasteiger partial charge >= 0.3 is 5.97 Å². The lowest BCUT2D eigenvalue weighted by atomic mass is 10.1.